The molecule has 6 nitrogen and oxygen atoms in total. The first-order valence-electron chi connectivity index (χ1n) is 9.46. The Hall–Kier alpha value is -2.97. The molecular weight excluding hydrogens is 409 g/mol. The first-order valence-corrected chi connectivity index (χ1v) is 10.9. The smallest absolute Gasteiger partial charge is 0.339 e. The van der Waals surface area contributed by atoms with Crippen LogP contribution in [0.15, 0.2) is 74.8 Å². The SMILES string of the molecule is Cc1cc(OC2CCN(S(=O)(=O)c3ccc(-c4ccc(F)cc4)cc3)C2)cc(=O)o1. The lowest BCUT2D eigenvalue weighted by atomic mass is 10.1. The van der Waals surface area contributed by atoms with Gasteiger partial charge in [-0.3, -0.25) is 0 Å². The monoisotopic (exact) mass is 429 g/mol. The number of hydrogen-bond donors (Lipinski definition) is 0. The summed E-state index contributed by atoms with van der Waals surface area (Å²) in [6.07, 6.45) is 0.172. The maximum Gasteiger partial charge on any atom is 0.339 e. The number of benzene rings is 2. The second kappa shape index (κ2) is 8.04. The summed E-state index contributed by atoms with van der Waals surface area (Å²) in [6.45, 7) is 2.17. The summed E-state index contributed by atoms with van der Waals surface area (Å²) >= 11 is 0. The fraction of sp³-hybridized carbons (Fsp3) is 0.227. The molecule has 30 heavy (non-hydrogen) atoms. The predicted molar refractivity (Wildman–Crippen MR) is 109 cm³/mol. The van der Waals surface area contributed by atoms with E-state index in [9.17, 15) is 17.6 Å². The Bertz CT molecular complexity index is 1200. The van der Waals surface area contributed by atoms with Gasteiger partial charge in [-0.05, 0) is 48.7 Å². The van der Waals surface area contributed by atoms with Gasteiger partial charge < -0.3 is 9.15 Å². The standard InChI is InChI=1S/C22H20FNO5S/c1-15-12-20(13-22(25)28-15)29-19-10-11-24(14-19)30(26,27)21-8-4-17(5-9-21)16-2-6-18(23)7-3-16/h2-9,12-13,19H,10-11,14H2,1H3. The molecule has 1 aromatic heterocycles. The zero-order chi connectivity index (χ0) is 21.3. The highest BCUT2D eigenvalue weighted by Gasteiger charge is 2.33. The molecule has 2 heterocycles. The molecule has 3 aromatic rings. The van der Waals surface area contributed by atoms with E-state index < -0.39 is 15.6 Å². The normalized spacial score (nSPS) is 17.2. The molecule has 0 aliphatic carbocycles. The zero-order valence-electron chi connectivity index (χ0n) is 16.2. The Morgan fingerprint density at radius 1 is 1.03 bits per heavy atom. The molecule has 156 valence electrons. The van der Waals surface area contributed by atoms with Crippen molar-refractivity contribution in [1.29, 1.82) is 0 Å². The first kappa shape index (κ1) is 20.3. The minimum Gasteiger partial charge on any atom is -0.489 e. The molecule has 1 unspecified atom stereocenters. The average molecular weight is 429 g/mol. The van der Waals surface area contributed by atoms with Gasteiger partial charge in [0.1, 0.15) is 23.4 Å². The molecule has 2 aromatic carbocycles. The largest absolute Gasteiger partial charge is 0.489 e. The summed E-state index contributed by atoms with van der Waals surface area (Å²) in [5.74, 6) is 0.480. The van der Waals surface area contributed by atoms with Crippen molar-refractivity contribution in [2.75, 3.05) is 13.1 Å². The lowest BCUT2D eigenvalue weighted by Crippen LogP contribution is -2.31. The minimum atomic E-state index is -3.67. The van der Waals surface area contributed by atoms with E-state index >= 15 is 0 Å². The molecule has 4 rings (SSSR count). The van der Waals surface area contributed by atoms with Gasteiger partial charge in [0.25, 0.3) is 0 Å². The Labute approximate surface area is 173 Å². The molecule has 1 aliphatic rings. The van der Waals surface area contributed by atoms with E-state index in [1.165, 1.54) is 22.5 Å². The number of aryl methyl sites for hydroxylation is 1. The van der Waals surface area contributed by atoms with Crippen molar-refractivity contribution >= 4 is 10.0 Å². The maximum atomic E-state index is 13.1. The minimum absolute atomic E-state index is 0.185. The summed E-state index contributed by atoms with van der Waals surface area (Å²) in [7, 11) is -3.67. The average Bonchev–Trinajstić information content (AvgIpc) is 3.17. The van der Waals surface area contributed by atoms with Gasteiger partial charge in [0.15, 0.2) is 0 Å². The molecule has 0 N–H and O–H groups in total. The number of nitrogens with zero attached hydrogens (tertiary/aromatic N) is 1. The van der Waals surface area contributed by atoms with Crippen molar-refractivity contribution < 1.29 is 22.0 Å². The summed E-state index contributed by atoms with van der Waals surface area (Å²) in [5, 5.41) is 0. The van der Waals surface area contributed by atoms with Gasteiger partial charge in [-0.2, -0.15) is 4.31 Å². The van der Waals surface area contributed by atoms with Gasteiger partial charge in [-0.15, -0.1) is 0 Å². The molecule has 0 amide bonds. The third-order valence-corrected chi connectivity index (χ3v) is 6.83. The van der Waals surface area contributed by atoms with Gasteiger partial charge in [0, 0.05) is 12.6 Å². The number of halogens is 1. The summed E-state index contributed by atoms with van der Waals surface area (Å²) < 4.78 is 51.1. The van der Waals surface area contributed by atoms with Crippen molar-refractivity contribution in [3.8, 4) is 16.9 Å². The van der Waals surface area contributed by atoms with Crippen molar-refractivity contribution in [3.63, 3.8) is 0 Å². The Morgan fingerprint density at radius 3 is 2.30 bits per heavy atom. The second-order valence-corrected chi connectivity index (χ2v) is 9.08. The lowest BCUT2D eigenvalue weighted by Gasteiger charge is -2.17. The van der Waals surface area contributed by atoms with Crippen LogP contribution in [-0.2, 0) is 10.0 Å². The summed E-state index contributed by atoms with van der Waals surface area (Å²) in [6, 6.07) is 15.4. The lowest BCUT2D eigenvalue weighted by molar-refractivity contribution is 0.213. The van der Waals surface area contributed by atoms with Crippen LogP contribution in [0, 0.1) is 12.7 Å². The molecule has 1 fully saturated rings. The molecule has 0 bridgehead atoms. The van der Waals surface area contributed by atoms with Crippen LogP contribution in [0.4, 0.5) is 4.39 Å². The van der Waals surface area contributed by atoms with E-state index in [2.05, 4.69) is 0 Å². The van der Waals surface area contributed by atoms with E-state index in [-0.39, 0.29) is 23.4 Å². The van der Waals surface area contributed by atoms with E-state index in [0.29, 0.717) is 24.5 Å². The molecule has 1 saturated heterocycles. The van der Waals surface area contributed by atoms with Crippen LogP contribution in [0.1, 0.15) is 12.2 Å². The molecule has 0 saturated carbocycles. The van der Waals surface area contributed by atoms with Crippen LogP contribution in [0.2, 0.25) is 0 Å². The van der Waals surface area contributed by atoms with E-state index in [1.807, 2.05) is 0 Å². The third-order valence-electron chi connectivity index (χ3n) is 4.95. The van der Waals surface area contributed by atoms with Crippen molar-refractivity contribution in [1.82, 2.24) is 4.31 Å². The van der Waals surface area contributed by atoms with Gasteiger partial charge >= 0.3 is 5.63 Å². The third kappa shape index (κ3) is 4.29. The summed E-state index contributed by atoms with van der Waals surface area (Å²) in [5.41, 5.74) is 1.10. The number of hydrogen-bond acceptors (Lipinski definition) is 5. The fourth-order valence-electron chi connectivity index (χ4n) is 3.46. The van der Waals surface area contributed by atoms with E-state index in [4.69, 9.17) is 9.15 Å². The number of rotatable bonds is 5. The first-order chi connectivity index (χ1) is 14.3. The molecule has 0 radical (unpaired) electrons. The topological polar surface area (TPSA) is 76.8 Å². The number of sulfonamides is 1. The fourth-order valence-corrected chi connectivity index (χ4v) is 4.95. The zero-order valence-corrected chi connectivity index (χ0v) is 17.1. The van der Waals surface area contributed by atoms with Crippen LogP contribution in [0.25, 0.3) is 11.1 Å². The molecule has 1 aliphatic heterocycles. The van der Waals surface area contributed by atoms with Crippen LogP contribution < -0.4 is 10.4 Å². The Balaban J connectivity index is 1.47. The van der Waals surface area contributed by atoms with Crippen LogP contribution >= 0.6 is 0 Å². The molecule has 0 spiro atoms. The van der Waals surface area contributed by atoms with Crippen LogP contribution in [0.3, 0.4) is 0 Å². The van der Waals surface area contributed by atoms with E-state index in [1.54, 1.807) is 49.4 Å². The van der Waals surface area contributed by atoms with Gasteiger partial charge in [0.05, 0.1) is 17.5 Å². The number of ether oxygens (including phenoxy) is 1. The van der Waals surface area contributed by atoms with E-state index in [0.717, 1.165) is 11.1 Å². The molecular formula is C22H20FNO5S. The quantitative estimate of drug-likeness (QED) is 0.619. The highest BCUT2D eigenvalue weighted by Crippen LogP contribution is 2.26. The molecule has 8 heteroatoms. The highest BCUT2D eigenvalue weighted by molar-refractivity contribution is 7.89. The van der Waals surface area contributed by atoms with Crippen molar-refractivity contribution in [2.45, 2.75) is 24.3 Å². The Morgan fingerprint density at radius 2 is 1.67 bits per heavy atom. The van der Waals surface area contributed by atoms with Crippen molar-refractivity contribution in [2.24, 2.45) is 0 Å². The molecule has 1 atom stereocenters. The Kier molecular flexibility index (Phi) is 5.44. The van der Waals surface area contributed by atoms with Gasteiger partial charge in [-0.25, -0.2) is 17.6 Å². The van der Waals surface area contributed by atoms with Crippen LogP contribution in [0.5, 0.6) is 5.75 Å². The summed E-state index contributed by atoms with van der Waals surface area (Å²) in [4.78, 5) is 11.7. The van der Waals surface area contributed by atoms with Crippen LogP contribution in [-0.4, -0.2) is 31.9 Å². The predicted octanol–water partition coefficient (Wildman–Crippen LogP) is 3.60. The maximum absolute atomic E-state index is 13.1. The van der Waals surface area contributed by atoms with Crippen molar-refractivity contribution in [3.05, 3.63) is 82.7 Å². The van der Waals surface area contributed by atoms with Gasteiger partial charge in [0.2, 0.25) is 10.0 Å². The highest BCUT2D eigenvalue weighted by atomic mass is 32.2. The second-order valence-electron chi connectivity index (χ2n) is 7.15. The van der Waals surface area contributed by atoms with Gasteiger partial charge in [-0.1, -0.05) is 24.3 Å².